The van der Waals surface area contributed by atoms with E-state index >= 15 is 0 Å². The molecule has 0 atom stereocenters. The van der Waals surface area contributed by atoms with Crippen molar-refractivity contribution >= 4 is 35.3 Å². The molecule has 6 heteroatoms. The van der Waals surface area contributed by atoms with E-state index < -0.39 is 11.9 Å². The summed E-state index contributed by atoms with van der Waals surface area (Å²) in [5.41, 5.74) is 0.605. The van der Waals surface area contributed by atoms with E-state index in [2.05, 4.69) is 4.74 Å². The lowest BCUT2D eigenvalue weighted by Crippen LogP contribution is -2.07. The molecule has 0 fully saturated rings. The fraction of sp³-hybridized carbons (Fsp3) is 0.125. The maximum atomic E-state index is 11.9. The fourth-order valence-corrected chi connectivity index (χ4v) is 2.80. The Morgan fingerprint density at radius 2 is 1.59 bits per heavy atom. The van der Waals surface area contributed by atoms with Gasteiger partial charge in [0.05, 0.1) is 25.3 Å². The Labute approximate surface area is 137 Å². The second-order valence-electron chi connectivity index (χ2n) is 4.25. The van der Waals surface area contributed by atoms with Crippen molar-refractivity contribution in [3.05, 3.63) is 58.6 Å². The summed E-state index contributed by atoms with van der Waals surface area (Å²) < 4.78 is 9.44. The van der Waals surface area contributed by atoms with E-state index in [9.17, 15) is 9.59 Å². The van der Waals surface area contributed by atoms with E-state index in [0.29, 0.717) is 21.0 Å². The van der Waals surface area contributed by atoms with Crippen LogP contribution in [0, 0.1) is 0 Å². The van der Waals surface area contributed by atoms with Crippen molar-refractivity contribution in [3.63, 3.8) is 0 Å². The molecular weight excluding hydrogens is 324 g/mol. The van der Waals surface area contributed by atoms with Crippen molar-refractivity contribution in [2.75, 3.05) is 14.2 Å². The second-order valence-corrected chi connectivity index (χ2v) is 5.80. The van der Waals surface area contributed by atoms with E-state index in [4.69, 9.17) is 16.3 Å². The molecule has 0 bridgehead atoms. The summed E-state index contributed by atoms with van der Waals surface area (Å²) in [5, 5.41) is 0.638. The van der Waals surface area contributed by atoms with E-state index in [1.54, 1.807) is 24.3 Å². The summed E-state index contributed by atoms with van der Waals surface area (Å²) in [4.78, 5) is 25.1. The van der Waals surface area contributed by atoms with Crippen molar-refractivity contribution in [2.24, 2.45) is 0 Å². The maximum absolute atomic E-state index is 11.9. The Morgan fingerprint density at radius 1 is 0.955 bits per heavy atom. The Morgan fingerprint density at radius 3 is 2.18 bits per heavy atom. The summed E-state index contributed by atoms with van der Waals surface area (Å²) in [6, 6.07) is 12.0. The normalized spacial score (nSPS) is 10.1. The lowest BCUT2D eigenvalue weighted by Gasteiger charge is -2.09. The molecule has 22 heavy (non-hydrogen) atoms. The highest BCUT2D eigenvalue weighted by atomic mass is 35.5. The van der Waals surface area contributed by atoms with Crippen molar-refractivity contribution in [1.29, 1.82) is 0 Å². The van der Waals surface area contributed by atoms with Gasteiger partial charge in [0, 0.05) is 14.8 Å². The average molecular weight is 337 g/mol. The topological polar surface area (TPSA) is 52.6 Å². The van der Waals surface area contributed by atoms with Crippen LogP contribution in [0.2, 0.25) is 5.02 Å². The summed E-state index contributed by atoms with van der Waals surface area (Å²) in [6.45, 7) is 0. The summed E-state index contributed by atoms with van der Waals surface area (Å²) in [7, 11) is 2.58. The third-order valence-corrected chi connectivity index (χ3v) is 4.18. The van der Waals surface area contributed by atoms with Gasteiger partial charge in [0.2, 0.25) is 0 Å². The van der Waals surface area contributed by atoms with E-state index in [1.807, 2.05) is 12.1 Å². The highest BCUT2D eigenvalue weighted by molar-refractivity contribution is 7.99. The number of hydrogen-bond donors (Lipinski definition) is 0. The molecule has 0 N–H and O–H groups in total. The summed E-state index contributed by atoms with van der Waals surface area (Å²) in [6.07, 6.45) is 0. The first kappa shape index (κ1) is 16.4. The maximum Gasteiger partial charge on any atom is 0.339 e. The van der Waals surface area contributed by atoms with Crippen LogP contribution < -0.4 is 0 Å². The van der Waals surface area contributed by atoms with E-state index in [0.717, 1.165) is 4.90 Å². The van der Waals surface area contributed by atoms with Crippen LogP contribution in [-0.2, 0) is 9.47 Å². The first-order valence-corrected chi connectivity index (χ1v) is 7.48. The number of benzene rings is 2. The minimum Gasteiger partial charge on any atom is -0.465 e. The molecule has 2 rings (SSSR count). The molecule has 0 saturated carbocycles. The van der Waals surface area contributed by atoms with E-state index in [1.165, 1.54) is 32.0 Å². The molecule has 0 heterocycles. The predicted molar refractivity (Wildman–Crippen MR) is 84.7 cm³/mol. The highest BCUT2D eigenvalue weighted by Gasteiger charge is 2.16. The van der Waals surface area contributed by atoms with Crippen LogP contribution in [0.25, 0.3) is 0 Å². The molecule has 0 aliphatic heterocycles. The van der Waals surface area contributed by atoms with Gasteiger partial charge in [-0.15, -0.1) is 0 Å². The molecule has 0 saturated heterocycles. The minimum atomic E-state index is -0.512. The fourth-order valence-electron chi connectivity index (χ4n) is 1.76. The number of methoxy groups -OCH3 is 2. The quantitative estimate of drug-likeness (QED) is 0.788. The van der Waals surface area contributed by atoms with Crippen molar-refractivity contribution in [2.45, 2.75) is 9.79 Å². The zero-order chi connectivity index (χ0) is 16.1. The van der Waals surface area contributed by atoms with Gasteiger partial charge in [-0.3, -0.25) is 0 Å². The number of ether oxygens (including phenoxy) is 2. The van der Waals surface area contributed by atoms with Crippen LogP contribution in [0.1, 0.15) is 20.7 Å². The first-order valence-electron chi connectivity index (χ1n) is 6.29. The summed E-state index contributed by atoms with van der Waals surface area (Å²) in [5.74, 6) is -1.02. The molecule has 0 spiro atoms. The Kier molecular flexibility index (Phi) is 5.46. The molecular formula is C16H13ClO4S. The van der Waals surface area contributed by atoms with Crippen LogP contribution in [-0.4, -0.2) is 26.2 Å². The number of hydrogen-bond acceptors (Lipinski definition) is 5. The molecule has 0 aromatic heterocycles. The van der Waals surface area contributed by atoms with Crippen molar-refractivity contribution in [1.82, 2.24) is 0 Å². The smallest absolute Gasteiger partial charge is 0.339 e. The molecule has 0 aliphatic rings. The molecule has 0 aliphatic carbocycles. The van der Waals surface area contributed by atoms with Gasteiger partial charge >= 0.3 is 11.9 Å². The van der Waals surface area contributed by atoms with Gasteiger partial charge in [0.15, 0.2) is 0 Å². The minimum absolute atomic E-state index is 0.295. The van der Waals surface area contributed by atoms with Gasteiger partial charge in [-0.05, 0) is 42.5 Å². The number of rotatable bonds is 4. The van der Waals surface area contributed by atoms with Gasteiger partial charge in [0.1, 0.15) is 0 Å². The SMILES string of the molecule is COC(=O)c1ccc(Sc2ccc(Cl)cc2)c(C(=O)OC)c1. The van der Waals surface area contributed by atoms with Gasteiger partial charge in [-0.2, -0.15) is 0 Å². The standard InChI is InChI=1S/C16H13ClO4S/c1-20-15(18)10-3-8-14(13(9-10)16(19)21-2)22-12-6-4-11(17)5-7-12/h3-9H,1-2H3. The summed E-state index contributed by atoms with van der Waals surface area (Å²) >= 11 is 7.24. The Bertz CT molecular complexity index is 698. The molecule has 4 nitrogen and oxygen atoms in total. The largest absolute Gasteiger partial charge is 0.465 e. The van der Waals surface area contributed by atoms with Crippen LogP contribution in [0.15, 0.2) is 52.3 Å². The molecule has 0 unspecified atom stereocenters. The molecule has 2 aromatic carbocycles. The zero-order valence-electron chi connectivity index (χ0n) is 12.0. The Hall–Kier alpha value is -1.98. The number of carbonyl (C=O) groups excluding carboxylic acids is 2. The number of carbonyl (C=O) groups is 2. The third kappa shape index (κ3) is 3.81. The van der Waals surface area contributed by atoms with E-state index in [-0.39, 0.29) is 0 Å². The monoisotopic (exact) mass is 336 g/mol. The van der Waals surface area contributed by atoms with Crippen molar-refractivity contribution in [3.8, 4) is 0 Å². The number of halogens is 1. The lowest BCUT2D eigenvalue weighted by atomic mass is 10.1. The third-order valence-electron chi connectivity index (χ3n) is 2.85. The molecule has 0 amide bonds. The van der Waals surface area contributed by atoms with Crippen LogP contribution in [0.5, 0.6) is 0 Å². The van der Waals surface area contributed by atoms with Gasteiger partial charge in [0.25, 0.3) is 0 Å². The van der Waals surface area contributed by atoms with Crippen LogP contribution >= 0.6 is 23.4 Å². The molecule has 114 valence electrons. The average Bonchev–Trinajstić information content (AvgIpc) is 2.55. The second kappa shape index (κ2) is 7.33. The molecule has 2 aromatic rings. The van der Waals surface area contributed by atoms with Crippen LogP contribution in [0.4, 0.5) is 0 Å². The molecule has 0 radical (unpaired) electrons. The predicted octanol–water partition coefficient (Wildman–Crippen LogP) is 4.06. The number of esters is 2. The highest BCUT2D eigenvalue weighted by Crippen LogP contribution is 2.32. The van der Waals surface area contributed by atoms with Gasteiger partial charge in [-0.25, -0.2) is 9.59 Å². The van der Waals surface area contributed by atoms with Gasteiger partial charge < -0.3 is 9.47 Å². The van der Waals surface area contributed by atoms with Crippen molar-refractivity contribution < 1.29 is 19.1 Å². The van der Waals surface area contributed by atoms with Crippen LogP contribution in [0.3, 0.4) is 0 Å². The Balaban J connectivity index is 2.39. The first-order chi connectivity index (χ1) is 10.5. The van der Waals surface area contributed by atoms with Gasteiger partial charge in [-0.1, -0.05) is 23.4 Å². The zero-order valence-corrected chi connectivity index (χ0v) is 13.5. The lowest BCUT2D eigenvalue weighted by molar-refractivity contribution is 0.0596.